The first-order valence-corrected chi connectivity index (χ1v) is 6.10. The number of carboxylic acid groups (broad SMARTS) is 1. The lowest BCUT2D eigenvalue weighted by Crippen LogP contribution is -2.41. The lowest BCUT2D eigenvalue weighted by Gasteiger charge is -2.30. The second-order valence-electron chi connectivity index (χ2n) is 4.66. The van der Waals surface area contributed by atoms with Crippen LogP contribution in [0.1, 0.15) is 24.0 Å². The number of hydrogen-bond donors (Lipinski definition) is 1. The summed E-state index contributed by atoms with van der Waals surface area (Å²) in [5, 5.41) is 17.7. The van der Waals surface area contributed by atoms with Gasteiger partial charge in [-0.3, -0.25) is 9.59 Å². The normalized spacial score (nSPS) is 19.0. The summed E-state index contributed by atoms with van der Waals surface area (Å²) >= 11 is 0. The van der Waals surface area contributed by atoms with Crippen molar-refractivity contribution in [3.8, 4) is 6.07 Å². The first-order chi connectivity index (χ1) is 9.10. The number of carbonyl (C=O) groups is 2. The number of likely N-dealkylation sites (tertiary alicyclic amines) is 1. The van der Waals surface area contributed by atoms with E-state index in [-0.39, 0.29) is 18.9 Å². The van der Waals surface area contributed by atoms with Gasteiger partial charge in [-0.05, 0) is 24.1 Å². The van der Waals surface area contributed by atoms with Gasteiger partial charge in [0.25, 0.3) is 0 Å². The fraction of sp³-hybridized carbons (Fsp3) is 0.357. The Morgan fingerprint density at radius 2 is 2.11 bits per heavy atom. The molecule has 0 spiro atoms. The number of carbonyl (C=O) groups excluding carboxylic acids is 1. The minimum absolute atomic E-state index is 0.0122. The predicted molar refractivity (Wildman–Crippen MR) is 66.9 cm³/mol. The van der Waals surface area contributed by atoms with Crippen LogP contribution in [0.15, 0.2) is 24.3 Å². The molecule has 1 atom stereocenters. The Bertz CT molecular complexity index is 531. The van der Waals surface area contributed by atoms with Crippen LogP contribution in [0.25, 0.3) is 0 Å². The predicted octanol–water partition coefficient (Wildman–Crippen LogP) is 1.38. The number of carboxylic acids is 1. The molecule has 1 saturated heterocycles. The first kappa shape index (κ1) is 13.1. The average Bonchev–Trinajstić information content (AvgIpc) is 2.42. The quantitative estimate of drug-likeness (QED) is 0.888. The molecule has 5 heteroatoms. The Morgan fingerprint density at radius 3 is 2.68 bits per heavy atom. The summed E-state index contributed by atoms with van der Waals surface area (Å²) in [7, 11) is 0. The summed E-state index contributed by atoms with van der Waals surface area (Å²) in [5.41, 5.74) is 1.47. The van der Waals surface area contributed by atoms with E-state index in [1.807, 2.05) is 6.07 Å². The number of benzene rings is 1. The fourth-order valence-electron chi connectivity index (χ4n) is 2.17. The molecule has 1 amide bonds. The molecule has 0 radical (unpaired) electrons. The van der Waals surface area contributed by atoms with Crippen molar-refractivity contribution in [3.05, 3.63) is 35.4 Å². The van der Waals surface area contributed by atoms with E-state index in [0.29, 0.717) is 18.5 Å². The number of hydrogen-bond acceptors (Lipinski definition) is 3. The molecule has 0 aromatic heterocycles. The molecule has 5 nitrogen and oxygen atoms in total. The van der Waals surface area contributed by atoms with Crippen molar-refractivity contribution < 1.29 is 14.7 Å². The molecule has 1 fully saturated rings. The van der Waals surface area contributed by atoms with Crippen LogP contribution in [-0.4, -0.2) is 28.4 Å². The minimum Gasteiger partial charge on any atom is -0.481 e. The molecule has 1 aliphatic rings. The van der Waals surface area contributed by atoms with Gasteiger partial charge in [0, 0.05) is 19.5 Å². The van der Waals surface area contributed by atoms with Crippen molar-refractivity contribution >= 4 is 11.9 Å². The number of aliphatic carboxylic acids is 1. The monoisotopic (exact) mass is 258 g/mol. The molecule has 1 unspecified atom stereocenters. The van der Waals surface area contributed by atoms with Crippen LogP contribution < -0.4 is 0 Å². The Hall–Kier alpha value is -2.35. The van der Waals surface area contributed by atoms with Crippen LogP contribution in [0, 0.1) is 17.2 Å². The van der Waals surface area contributed by atoms with E-state index in [1.54, 1.807) is 29.2 Å². The molecular weight excluding hydrogens is 244 g/mol. The highest BCUT2D eigenvalue weighted by atomic mass is 16.4. The summed E-state index contributed by atoms with van der Waals surface area (Å²) in [5.74, 6) is -1.34. The van der Waals surface area contributed by atoms with Crippen molar-refractivity contribution in [1.29, 1.82) is 5.26 Å². The number of piperidine rings is 1. The van der Waals surface area contributed by atoms with E-state index in [1.165, 1.54) is 0 Å². The van der Waals surface area contributed by atoms with Crippen LogP contribution >= 0.6 is 0 Å². The maximum atomic E-state index is 11.8. The standard InChI is InChI=1S/C14H14N2O3/c15-7-10-1-3-11(4-2-10)8-16-9-12(14(18)19)5-6-13(16)17/h1-4,12H,5-6,8-9H2,(H,18,19). The van der Waals surface area contributed by atoms with Gasteiger partial charge in [0.15, 0.2) is 0 Å². The molecule has 0 saturated carbocycles. The van der Waals surface area contributed by atoms with E-state index in [4.69, 9.17) is 10.4 Å². The minimum atomic E-state index is -0.850. The van der Waals surface area contributed by atoms with Crippen LogP contribution in [-0.2, 0) is 16.1 Å². The SMILES string of the molecule is N#Cc1ccc(CN2CC(C(=O)O)CCC2=O)cc1. The summed E-state index contributed by atoms with van der Waals surface area (Å²) in [6.45, 7) is 0.655. The van der Waals surface area contributed by atoms with Crippen molar-refractivity contribution in [3.63, 3.8) is 0 Å². The molecule has 1 aromatic carbocycles. The largest absolute Gasteiger partial charge is 0.481 e. The van der Waals surface area contributed by atoms with Gasteiger partial charge < -0.3 is 10.0 Å². The smallest absolute Gasteiger partial charge is 0.308 e. The van der Waals surface area contributed by atoms with Gasteiger partial charge >= 0.3 is 5.97 Å². The molecule has 19 heavy (non-hydrogen) atoms. The van der Waals surface area contributed by atoms with E-state index >= 15 is 0 Å². The third-order valence-corrected chi connectivity index (χ3v) is 3.31. The van der Waals surface area contributed by atoms with Crippen LogP contribution in [0.4, 0.5) is 0 Å². The number of amides is 1. The zero-order chi connectivity index (χ0) is 13.8. The van der Waals surface area contributed by atoms with Gasteiger partial charge in [-0.1, -0.05) is 12.1 Å². The average molecular weight is 258 g/mol. The zero-order valence-corrected chi connectivity index (χ0v) is 10.4. The molecule has 98 valence electrons. The molecule has 2 rings (SSSR count). The Kier molecular flexibility index (Phi) is 3.81. The second kappa shape index (κ2) is 5.53. The van der Waals surface area contributed by atoms with Gasteiger partial charge in [0.2, 0.25) is 5.91 Å². The van der Waals surface area contributed by atoms with Gasteiger partial charge in [-0.2, -0.15) is 5.26 Å². The van der Waals surface area contributed by atoms with Crippen molar-refractivity contribution in [2.45, 2.75) is 19.4 Å². The summed E-state index contributed by atoms with van der Waals surface area (Å²) in [6, 6.07) is 8.99. The fourth-order valence-corrected chi connectivity index (χ4v) is 2.17. The molecule has 1 aliphatic heterocycles. The number of rotatable bonds is 3. The summed E-state index contributed by atoms with van der Waals surface area (Å²) < 4.78 is 0. The molecule has 0 aliphatic carbocycles. The highest BCUT2D eigenvalue weighted by molar-refractivity contribution is 5.80. The third-order valence-electron chi connectivity index (χ3n) is 3.31. The van der Waals surface area contributed by atoms with Gasteiger partial charge in [0.1, 0.15) is 0 Å². The lowest BCUT2D eigenvalue weighted by atomic mass is 9.97. The highest BCUT2D eigenvalue weighted by Gasteiger charge is 2.29. The van der Waals surface area contributed by atoms with E-state index in [9.17, 15) is 9.59 Å². The van der Waals surface area contributed by atoms with Crippen LogP contribution in [0.2, 0.25) is 0 Å². The van der Waals surface area contributed by atoms with Crippen LogP contribution in [0.3, 0.4) is 0 Å². The molecular formula is C14H14N2O3. The van der Waals surface area contributed by atoms with Gasteiger partial charge in [-0.15, -0.1) is 0 Å². The number of nitrogens with zero attached hydrogens (tertiary/aromatic N) is 2. The Morgan fingerprint density at radius 1 is 1.42 bits per heavy atom. The topological polar surface area (TPSA) is 81.4 Å². The van der Waals surface area contributed by atoms with Crippen molar-refractivity contribution in [2.24, 2.45) is 5.92 Å². The zero-order valence-electron chi connectivity index (χ0n) is 10.4. The van der Waals surface area contributed by atoms with Crippen molar-refractivity contribution in [2.75, 3.05) is 6.54 Å². The van der Waals surface area contributed by atoms with Crippen molar-refractivity contribution in [1.82, 2.24) is 4.90 Å². The lowest BCUT2D eigenvalue weighted by molar-refractivity contribution is -0.147. The maximum absolute atomic E-state index is 11.8. The highest BCUT2D eigenvalue weighted by Crippen LogP contribution is 2.20. The summed E-state index contributed by atoms with van der Waals surface area (Å²) in [6.07, 6.45) is 0.700. The van der Waals surface area contributed by atoms with E-state index in [2.05, 4.69) is 0 Å². The first-order valence-electron chi connectivity index (χ1n) is 6.10. The van der Waals surface area contributed by atoms with E-state index in [0.717, 1.165) is 5.56 Å². The summed E-state index contributed by atoms with van der Waals surface area (Å²) in [4.78, 5) is 24.3. The van der Waals surface area contributed by atoms with Gasteiger partial charge in [-0.25, -0.2) is 0 Å². The molecule has 1 aromatic rings. The Labute approximate surface area is 111 Å². The van der Waals surface area contributed by atoms with E-state index < -0.39 is 11.9 Å². The number of nitriles is 1. The Balaban J connectivity index is 2.05. The molecule has 1 N–H and O–H groups in total. The van der Waals surface area contributed by atoms with Gasteiger partial charge in [0.05, 0.1) is 17.6 Å². The third kappa shape index (κ3) is 3.10. The van der Waals surface area contributed by atoms with Crippen LogP contribution in [0.5, 0.6) is 0 Å². The molecule has 0 bridgehead atoms. The maximum Gasteiger partial charge on any atom is 0.308 e. The second-order valence-corrected chi connectivity index (χ2v) is 4.66. The molecule has 1 heterocycles.